The van der Waals surface area contributed by atoms with E-state index in [2.05, 4.69) is 10.1 Å². The summed E-state index contributed by atoms with van der Waals surface area (Å²) in [4.78, 5) is 16.7. The first-order valence-corrected chi connectivity index (χ1v) is 8.37. The molecule has 0 amide bonds. The van der Waals surface area contributed by atoms with E-state index in [1.807, 2.05) is 37.3 Å². The minimum atomic E-state index is -0.602. The topological polar surface area (TPSA) is 57.0 Å². The van der Waals surface area contributed by atoms with Crippen molar-refractivity contribution in [3.05, 3.63) is 82.7 Å². The third-order valence-corrected chi connectivity index (χ3v) is 4.54. The van der Waals surface area contributed by atoms with E-state index < -0.39 is 11.4 Å². The summed E-state index contributed by atoms with van der Waals surface area (Å²) in [5, 5.41) is 5.22. The van der Waals surface area contributed by atoms with Crippen molar-refractivity contribution in [2.45, 2.75) is 6.92 Å². The van der Waals surface area contributed by atoms with Gasteiger partial charge in [-0.1, -0.05) is 18.2 Å². The van der Waals surface area contributed by atoms with Gasteiger partial charge < -0.3 is 4.74 Å². The molecule has 0 saturated heterocycles. The zero-order valence-electron chi connectivity index (χ0n) is 14.8. The number of aromatic nitrogens is 3. The molecule has 0 atom stereocenters. The number of ether oxygens (including phenoxy) is 1. The van der Waals surface area contributed by atoms with Gasteiger partial charge in [0.25, 0.3) is 5.56 Å². The van der Waals surface area contributed by atoms with Crippen molar-refractivity contribution in [3.63, 3.8) is 0 Å². The molecule has 0 aliphatic rings. The van der Waals surface area contributed by atoms with Crippen LogP contribution >= 0.6 is 0 Å². The van der Waals surface area contributed by atoms with E-state index in [1.165, 1.54) is 18.3 Å². The molecule has 0 aliphatic carbocycles. The van der Waals surface area contributed by atoms with E-state index in [-0.39, 0.29) is 5.82 Å². The number of pyridine rings is 1. The van der Waals surface area contributed by atoms with E-state index in [0.29, 0.717) is 10.8 Å². The van der Waals surface area contributed by atoms with Crippen LogP contribution in [0.25, 0.3) is 27.7 Å². The molecular weight excluding hydrogens is 345 g/mol. The summed E-state index contributed by atoms with van der Waals surface area (Å²) < 4.78 is 20.3. The van der Waals surface area contributed by atoms with E-state index in [0.717, 1.165) is 27.1 Å². The quantitative estimate of drug-likeness (QED) is 0.555. The Morgan fingerprint density at radius 1 is 1.11 bits per heavy atom. The monoisotopic (exact) mass is 361 g/mol. The number of rotatable bonds is 3. The fourth-order valence-electron chi connectivity index (χ4n) is 3.15. The highest BCUT2D eigenvalue weighted by Crippen LogP contribution is 2.31. The zero-order chi connectivity index (χ0) is 19.0. The van der Waals surface area contributed by atoms with Crippen LogP contribution in [0.1, 0.15) is 5.56 Å². The smallest absolute Gasteiger partial charge is 0.280 e. The van der Waals surface area contributed by atoms with Gasteiger partial charge in [-0.3, -0.25) is 4.79 Å². The molecule has 0 radical (unpaired) electrons. The summed E-state index contributed by atoms with van der Waals surface area (Å²) >= 11 is 0. The van der Waals surface area contributed by atoms with E-state index >= 15 is 0 Å². The first kappa shape index (κ1) is 16.9. The van der Waals surface area contributed by atoms with Crippen LogP contribution in [0.3, 0.4) is 0 Å². The average Bonchev–Trinajstić information content (AvgIpc) is 2.69. The van der Waals surface area contributed by atoms with E-state index in [4.69, 9.17) is 4.74 Å². The number of hydrogen-bond acceptors (Lipinski definition) is 4. The van der Waals surface area contributed by atoms with E-state index in [9.17, 15) is 9.18 Å². The van der Waals surface area contributed by atoms with Crippen molar-refractivity contribution in [2.24, 2.45) is 0 Å². The predicted molar refractivity (Wildman–Crippen MR) is 102 cm³/mol. The first-order valence-electron chi connectivity index (χ1n) is 8.37. The first-order chi connectivity index (χ1) is 13.1. The second-order valence-electron chi connectivity index (χ2n) is 6.11. The van der Waals surface area contributed by atoms with Crippen LogP contribution in [-0.2, 0) is 0 Å². The second-order valence-corrected chi connectivity index (χ2v) is 6.11. The van der Waals surface area contributed by atoms with Crippen LogP contribution in [0.4, 0.5) is 4.39 Å². The lowest BCUT2D eigenvalue weighted by Gasteiger charge is -2.11. The van der Waals surface area contributed by atoms with Gasteiger partial charge in [0, 0.05) is 11.6 Å². The highest BCUT2D eigenvalue weighted by atomic mass is 19.1. The number of hydrogen-bond donors (Lipinski definition) is 0. The average molecular weight is 361 g/mol. The van der Waals surface area contributed by atoms with Crippen LogP contribution in [-0.4, -0.2) is 21.9 Å². The maximum absolute atomic E-state index is 14.0. The molecule has 6 heteroatoms. The number of benzene rings is 2. The zero-order valence-corrected chi connectivity index (χ0v) is 14.8. The van der Waals surface area contributed by atoms with Gasteiger partial charge in [0.15, 0.2) is 11.6 Å². The van der Waals surface area contributed by atoms with E-state index in [1.54, 1.807) is 19.4 Å². The largest absolute Gasteiger partial charge is 0.496 e. The van der Waals surface area contributed by atoms with Crippen LogP contribution in [0.5, 0.6) is 5.75 Å². The lowest BCUT2D eigenvalue weighted by molar-refractivity contribution is 0.412. The fraction of sp³-hybridized carbons (Fsp3) is 0.0952. The molecule has 2 heterocycles. The van der Waals surface area contributed by atoms with Gasteiger partial charge in [0.2, 0.25) is 0 Å². The van der Waals surface area contributed by atoms with Crippen molar-refractivity contribution in [1.29, 1.82) is 0 Å². The molecule has 2 aromatic carbocycles. The van der Waals surface area contributed by atoms with Gasteiger partial charge in [0.05, 0.1) is 18.7 Å². The third kappa shape index (κ3) is 2.85. The summed E-state index contributed by atoms with van der Waals surface area (Å²) in [5.41, 5.74) is 2.55. The molecule has 0 saturated carbocycles. The molecule has 0 unspecified atom stereocenters. The van der Waals surface area contributed by atoms with Gasteiger partial charge in [-0.2, -0.15) is 9.78 Å². The molecule has 0 fully saturated rings. The molecular formula is C21H16FN3O2. The molecule has 0 bridgehead atoms. The van der Waals surface area contributed by atoms with Crippen molar-refractivity contribution in [1.82, 2.24) is 14.8 Å². The number of halogens is 1. The third-order valence-electron chi connectivity index (χ3n) is 4.54. The Hall–Kier alpha value is -3.54. The van der Waals surface area contributed by atoms with Crippen molar-refractivity contribution >= 4 is 10.8 Å². The second kappa shape index (κ2) is 6.64. The highest BCUT2D eigenvalue weighted by molar-refractivity contribution is 5.87. The SMILES string of the molecule is COc1cccc(-c2ccc3c(=O)n(-c4ncccc4F)ncc3c2)c1C. The summed E-state index contributed by atoms with van der Waals surface area (Å²) in [5.74, 6) is 0.0824. The Labute approximate surface area is 154 Å². The van der Waals surface area contributed by atoms with Gasteiger partial charge in [-0.25, -0.2) is 9.37 Å². The normalized spacial score (nSPS) is 10.9. The lowest BCUT2D eigenvalue weighted by Crippen LogP contribution is -2.22. The van der Waals surface area contributed by atoms with Crippen molar-refractivity contribution in [2.75, 3.05) is 7.11 Å². The van der Waals surface area contributed by atoms with Crippen LogP contribution in [0.2, 0.25) is 0 Å². The highest BCUT2D eigenvalue weighted by Gasteiger charge is 2.13. The van der Waals surface area contributed by atoms with Crippen LogP contribution in [0.15, 0.2) is 65.7 Å². The molecule has 27 heavy (non-hydrogen) atoms. The summed E-state index contributed by atoms with van der Waals surface area (Å²) in [6.45, 7) is 1.98. The van der Waals surface area contributed by atoms with Crippen LogP contribution < -0.4 is 10.3 Å². The molecule has 0 spiro atoms. The molecule has 5 nitrogen and oxygen atoms in total. The minimum absolute atomic E-state index is 0.114. The Bertz CT molecular complexity index is 1220. The molecule has 2 aromatic heterocycles. The number of fused-ring (bicyclic) bond motifs is 1. The molecule has 4 rings (SSSR count). The maximum atomic E-state index is 14.0. The minimum Gasteiger partial charge on any atom is -0.496 e. The standard InChI is InChI=1S/C21H16FN3O2/c1-13-16(5-3-7-19(13)27-2)14-8-9-17-15(11-14)12-24-25(21(17)26)20-18(22)6-4-10-23-20/h3-12H,1-2H3. The maximum Gasteiger partial charge on any atom is 0.280 e. The Kier molecular flexibility index (Phi) is 4.16. The van der Waals surface area contributed by atoms with Gasteiger partial charge in [0.1, 0.15) is 5.75 Å². The van der Waals surface area contributed by atoms with Crippen molar-refractivity contribution < 1.29 is 9.13 Å². The van der Waals surface area contributed by atoms with Gasteiger partial charge in [-0.05, 0) is 53.9 Å². The Balaban J connectivity index is 1.88. The Morgan fingerprint density at radius 3 is 2.74 bits per heavy atom. The molecule has 134 valence electrons. The van der Waals surface area contributed by atoms with Gasteiger partial charge in [-0.15, -0.1) is 0 Å². The summed E-state index contributed by atoms with van der Waals surface area (Å²) in [6, 6.07) is 14.0. The number of methoxy groups -OCH3 is 1. The summed E-state index contributed by atoms with van der Waals surface area (Å²) in [6.07, 6.45) is 2.97. The predicted octanol–water partition coefficient (Wildman–Crippen LogP) is 3.90. The summed E-state index contributed by atoms with van der Waals surface area (Å²) in [7, 11) is 1.63. The molecule has 0 aliphatic heterocycles. The fourth-order valence-corrected chi connectivity index (χ4v) is 3.15. The Morgan fingerprint density at radius 2 is 1.96 bits per heavy atom. The molecule has 0 N–H and O–H groups in total. The van der Waals surface area contributed by atoms with Crippen molar-refractivity contribution in [3.8, 4) is 22.7 Å². The van der Waals surface area contributed by atoms with Gasteiger partial charge >= 0.3 is 0 Å². The van der Waals surface area contributed by atoms with Crippen LogP contribution in [0, 0.1) is 12.7 Å². The number of nitrogens with zero attached hydrogens (tertiary/aromatic N) is 3. The lowest BCUT2D eigenvalue weighted by atomic mass is 9.98. The molecule has 4 aromatic rings.